The third-order valence-corrected chi connectivity index (χ3v) is 5.36. The van der Waals surface area contributed by atoms with E-state index in [9.17, 15) is 9.59 Å². The standard InChI is InChI=1S/C18H29N5O2/c1-2-5-21-6-3-15(4-7-21)12-18(25)23-10-8-22(9-11-23)16-13-17(24)20-19-14-16/h13-15H,2-12H2,1H3,(H,20,24). The highest BCUT2D eigenvalue weighted by atomic mass is 16.2. The van der Waals surface area contributed by atoms with Gasteiger partial charge in [-0.3, -0.25) is 9.59 Å². The molecule has 2 fully saturated rings. The number of amides is 1. The number of likely N-dealkylation sites (tertiary alicyclic amines) is 1. The molecular formula is C18H29N5O2. The van der Waals surface area contributed by atoms with Crippen molar-refractivity contribution in [2.75, 3.05) is 50.7 Å². The van der Waals surface area contributed by atoms with Crippen LogP contribution in [0.4, 0.5) is 5.69 Å². The molecule has 2 aliphatic heterocycles. The number of hydrogen-bond donors (Lipinski definition) is 1. The number of anilines is 1. The molecule has 0 aromatic carbocycles. The van der Waals surface area contributed by atoms with Crippen molar-refractivity contribution < 1.29 is 4.79 Å². The number of H-pyrrole nitrogens is 1. The Morgan fingerprint density at radius 1 is 1.20 bits per heavy atom. The van der Waals surface area contributed by atoms with Gasteiger partial charge in [0, 0.05) is 38.7 Å². The highest BCUT2D eigenvalue weighted by Crippen LogP contribution is 2.22. The molecule has 3 rings (SSSR count). The van der Waals surface area contributed by atoms with E-state index >= 15 is 0 Å². The Hall–Kier alpha value is -1.89. The molecule has 0 bridgehead atoms. The molecule has 2 aliphatic rings. The van der Waals surface area contributed by atoms with Crippen LogP contribution >= 0.6 is 0 Å². The number of carbonyl (C=O) groups is 1. The van der Waals surface area contributed by atoms with Crippen LogP contribution in [0.1, 0.15) is 32.6 Å². The maximum absolute atomic E-state index is 12.6. The molecule has 1 aromatic heterocycles. The van der Waals surface area contributed by atoms with E-state index in [4.69, 9.17) is 0 Å². The van der Waals surface area contributed by atoms with Gasteiger partial charge in [-0.2, -0.15) is 5.10 Å². The van der Waals surface area contributed by atoms with E-state index in [-0.39, 0.29) is 11.5 Å². The fourth-order valence-corrected chi connectivity index (χ4v) is 3.86. The summed E-state index contributed by atoms with van der Waals surface area (Å²) in [5, 5.41) is 6.24. The predicted octanol–water partition coefficient (Wildman–Crippen LogP) is 0.931. The largest absolute Gasteiger partial charge is 0.367 e. The van der Waals surface area contributed by atoms with Crippen molar-refractivity contribution >= 4 is 11.6 Å². The lowest BCUT2D eigenvalue weighted by Gasteiger charge is -2.37. The van der Waals surface area contributed by atoms with Gasteiger partial charge < -0.3 is 14.7 Å². The lowest BCUT2D eigenvalue weighted by atomic mass is 9.93. The van der Waals surface area contributed by atoms with Gasteiger partial charge in [0.1, 0.15) is 0 Å². The smallest absolute Gasteiger partial charge is 0.266 e. The number of aromatic amines is 1. The van der Waals surface area contributed by atoms with Gasteiger partial charge in [-0.15, -0.1) is 0 Å². The van der Waals surface area contributed by atoms with Crippen LogP contribution in [0.25, 0.3) is 0 Å². The molecule has 3 heterocycles. The molecule has 2 saturated heterocycles. The normalized spacial score (nSPS) is 20.0. The molecule has 0 radical (unpaired) electrons. The molecule has 0 atom stereocenters. The molecule has 0 saturated carbocycles. The molecule has 25 heavy (non-hydrogen) atoms. The number of aromatic nitrogens is 2. The fourth-order valence-electron chi connectivity index (χ4n) is 3.86. The highest BCUT2D eigenvalue weighted by Gasteiger charge is 2.26. The summed E-state index contributed by atoms with van der Waals surface area (Å²) in [5.41, 5.74) is 0.643. The van der Waals surface area contributed by atoms with Crippen LogP contribution in [0.5, 0.6) is 0 Å². The van der Waals surface area contributed by atoms with Gasteiger partial charge in [-0.05, 0) is 44.8 Å². The molecular weight excluding hydrogens is 318 g/mol. The lowest BCUT2D eigenvalue weighted by molar-refractivity contribution is -0.132. The summed E-state index contributed by atoms with van der Waals surface area (Å²) in [6, 6.07) is 1.56. The van der Waals surface area contributed by atoms with Crippen molar-refractivity contribution in [1.29, 1.82) is 0 Å². The summed E-state index contributed by atoms with van der Waals surface area (Å²) in [7, 11) is 0. The van der Waals surface area contributed by atoms with Gasteiger partial charge in [0.05, 0.1) is 11.9 Å². The lowest BCUT2D eigenvalue weighted by Crippen LogP contribution is -2.49. The molecule has 138 valence electrons. The summed E-state index contributed by atoms with van der Waals surface area (Å²) in [4.78, 5) is 30.6. The first-order valence-electron chi connectivity index (χ1n) is 9.45. The van der Waals surface area contributed by atoms with E-state index in [1.165, 1.54) is 13.0 Å². The average Bonchev–Trinajstić information content (AvgIpc) is 2.64. The summed E-state index contributed by atoms with van der Waals surface area (Å²) in [6.45, 7) is 8.62. The van der Waals surface area contributed by atoms with E-state index in [0.29, 0.717) is 12.3 Å². The second kappa shape index (κ2) is 8.47. The molecule has 1 amide bonds. The van der Waals surface area contributed by atoms with E-state index in [1.54, 1.807) is 12.3 Å². The van der Waals surface area contributed by atoms with Crippen LogP contribution < -0.4 is 10.5 Å². The summed E-state index contributed by atoms with van der Waals surface area (Å²) >= 11 is 0. The second-order valence-corrected chi connectivity index (χ2v) is 7.16. The van der Waals surface area contributed by atoms with Crippen molar-refractivity contribution in [3.63, 3.8) is 0 Å². The van der Waals surface area contributed by atoms with Crippen LogP contribution in [0, 0.1) is 5.92 Å². The molecule has 0 unspecified atom stereocenters. The number of carbonyl (C=O) groups excluding carboxylic acids is 1. The number of rotatable bonds is 5. The van der Waals surface area contributed by atoms with Gasteiger partial charge in [0.15, 0.2) is 0 Å². The first kappa shape index (κ1) is 17.9. The fraction of sp³-hybridized carbons (Fsp3) is 0.722. The topological polar surface area (TPSA) is 72.5 Å². The van der Waals surface area contributed by atoms with Crippen molar-refractivity contribution in [1.82, 2.24) is 20.0 Å². The van der Waals surface area contributed by atoms with Crippen molar-refractivity contribution in [3.05, 3.63) is 22.6 Å². The number of nitrogens with zero attached hydrogens (tertiary/aromatic N) is 4. The van der Waals surface area contributed by atoms with Crippen molar-refractivity contribution in [2.24, 2.45) is 5.92 Å². The SMILES string of the molecule is CCCN1CCC(CC(=O)N2CCN(c3cn[nH]c(=O)c3)CC2)CC1. The number of nitrogens with one attached hydrogen (secondary N) is 1. The van der Waals surface area contributed by atoms with E-state index in [1.807, 2.05) is 4.90 Å². The van der Waals surface area contributed by atoms with E-state index in [0.717, 1.165) is 57.8 Å². The summed E-state index contributed by atoms with van der Waals surface area (Å²) < 4.78 is 0. The minimum Gasteiger partial charge on any atom is -0.367 e. The molecule has 0 spiro atoms. The summed E-state index contributed by atoms with van der Waals surface area (Å²) in [6.07, 6.45) is 5.85. The Kier molecular flexibility index (Phi) is 6.07. The van der Waals surface area contributed by atoms with Gasteiger partial charge in [0.25, 0.3) is 5.56 Å². The molecule has 1 N–H and O–H groups in total. The molecule has 7 heteroatoms. The molecule has 7 nitrogen and oxygen atoms in total. The number of piperidine rings is 1. The maximum Gasteiger partial charge on any atom is 0.266 e. The number of piperazine rings is 1. The minimum absolute atomic E-state index is 0.189. The first-order chi connectivity index (χ1) is 12.2. The first-order valence-corrected chi connectivity index (χ1v) is 9.45. The zero-order chi connectivity index (χ0) is 17.6. The monoisotopic (exact) mass is 347 g/mol. The van der Waals surface area contributed by atoms with Crippen molar-refractivity contribution in [3.8, 4) is 0 Å². The average molecular weight is 347 g/mol. The Morgan fingerprint density at radius 3 is 2.56 bits per heavy atom. The third-order valence-electron chi connectivity index (χ3n) is 5.36. The van der Waals surface area contributed by atoms with Gasteiger partial charge in [-0.25, -0.2) is 5.10 Å². The predicted molar refractivity (Wildman–Crippen MR) is 97.7 cm³/mol. The Bertz CT molecular complexity index is 616. The maximum atomic E-state index is 12.6. The third kappa shape index (κ3) is 4.81. The van der Waals surface area contributed by atoms with Crippen LogP contribution in [0.2, 0.25) is 0 Å². The Labute approximate surface area is 149 Å². The molecule has 0 aliphatic carbocycles. The van der Waals surface area contributed by atoms with Crippen LogP contribution in [-0.4, -0.2) is 71.7 Å². The van der Waals surface area contributed by atoms with E-state index in [2.05, 4.69) is 26.9 Å². The van der Waals surface area contributed by atoms with Crippen molar-refractivity contribution in [2.45, 2.75) is 32.6 Å². The van der Waals surface area contributed by atoms with Crippen LogP contribution in [0.3, 0.4) is 0 Å². The number of hydrogen-bond acceptors (Lipinski definition) is 5. The Balaban J connectivity index is 1.43. The Morgan fingerprint density at radius 2 is 1.92 bits per heavy atom. The molecule has 1 aromatic rings. The van der Waals surface area contributed by atoms with Crippen LogP contribution in [0.15, 0.2) is 17.1 Å². The quantitative estimate of drug-likeness (QED) is 0.858. The zero-order valence-electron chi connectivity index (χ0n) is 15.1. The van der Waals surface area contributed by atoms with Gasteiger partial charge >= 0.3 is 0 Å². The zero-order valence-corrected chi connectivity index (χ0v) is 15.1. The second-order valence-electron chi connectivity index (χ2n) is 7.16. The summed E-state index contributed by atoms with van der Waals surface area (Å²) in [5.74, 6) is 0.827. The van der Waals surface area contributed by atoms with Gasteiger partial charge in [0.2, 0.25) is 5.91 Å². The highest BCUT2D eigenvalue weighted by molar-refractivity contribution is 5.76. The van der Waals surface area contributed by atoms with E-state index < -0.39 is 0 Å². The minimum atomic E-state index is -0.189. The van der Waals surface area contributed by atoms with Crippen LogP contribution in [-0.2, 0) is 4.79 Å². The van der Waals surface area contributed by atoms with Gasteiger partial charge in [-0.1, -0.05) is 6.92 Å².